The predicted molar refractivity (Wildman–Crippen MR) is 73.7 cm³/mol. The molecule has 0 saturated carbocycles. The molecule has 2 amide bonds. The first-order chi connectivity index (χ1) is 9.13. The van der Waals surface area contributed by atoms with E-state index in [1.54, 1.807) is 4.90 Å². The predicted octanol–water partition coefficient (Wildman–Crippen LogP) is 1.27. The van der Waals surface area contributed by atoms with Crippen molar-refractivity contribution in [3.05, 3.63) is 35.4 Å². The van der Waals surface area contributed by atoms with Crippen molar-refractivity contribution in [3.63, 3.8) is 0 Å². The van der Waals surface area contributed by atoms with E-state index >= 15 is 0 Å². The molecule has 0 spiro atoms. The summed E-state index contributed by atoms with van der Waals surface area (Å²) in [5.74, 6) is -0.0214. The summed E-state index contributed by atoms with van der Waals surface area (Å²) in [5, 5.41) is 2.64. The highest BCUT2D eigenvalue weighted by atomic mass is 16.2. The summed E-state index contributed by atoms with van der Waals surface area (Å²) in [6, 6.07) is 7.84. The summed E-state index contributed by atoms with van der Waals surface area (Å²) in [5.41, 5.74) is 2.46. The van der Waals surface area contributed by atoms with Crippen molar-refractivity contribution in [2.45, 2.75) is 32.7 Å². The number of hydrogen-bond acceptors (Lipinski definition) is 2. The van der Waals surface area contributed by atoms with Crippen molar-refractivity contribution >= 4 is 11.8 Å². The van der Waals surface area contributed by atoms with Gasteiger partial charge in [-0.25, -0.2) is 0 Å². The molecule has 1 saturated heterocycles. The van der Waals surface area contributed by atoms with Gasteiger partial charge in [0.2, 0.25) is 11.8 Å². The second-order valence-corrected chi connectivity index (χ2v) is 4.91. The van der Waals surface area contributed by atoms with E-state index < -0.39 is 0 Å². The van der Waals surface area contributed by atoms with Gasteiger partial charge in [0.15, 0.2) is 0 Å². The van der Waals surface area contributed by atoms with Gasteiger partial charge in [0.1, 0.15) is 6.04 Å². The van der Waals surface area contributed by atoms with Gasteiger partial charge in [0, 0.05) is 6.54 Å². The van der Waals surface area contributed by atoms with E-state index in [2.05, 4.69) is 24.4 Å². The zero-order chi connectivity index (χ0) is 13.8. The zero-order valence-corrected chi connectivity index (χ0v) is 11.5. The molecule has 2 rings (SSSR count). The lowest BCUT2D eigenvalue weighted by Gasteiger charge is -2.34. The summed E-state index contributed by atoms with van der Waals surface area (Å²) in [4.78, 5) is 25.4. The van der Waals surface area contributed by atoms with Crippen molar-refractivity contribution in [2.24, 2.45) is 0 Å². The Balaban J connectivity index is 2.06. The number of carbonyl (C=O) groups is 2. The Morgan fingerprint density at radius 2 is 2.05 bits per heavy atom. The van der Waals surface area contributed by atoms with Crippen molar-refractivity contribution in [3.8, 4) is 0 Å². The lowest BCUT2D eigenvalue weighted by Crippen LogP contribution is -2.58. The number of hydrogen-bond donors (Lipinski definition) is 1. The largest absolute Gasteiger partial charge is 0.345 e. The topological polar surface area (TPSA) is 49.4 Å². The minimum absolute atomic E-state index is 0.0139. The summed E-state index contributed by atoms with van der Waals surface area (Å²) in [7, 11) is 0. The normalized spacial score (nSPS) is 19.5. The number of piperazine rings is 1. The monoisotopic (exact) mass is 260 g/mol. The summed E-state index contributed by atoms with van der Waals surface area (Å²) in [6.45, 7) is 4.74. The van der Waals surface area contributed by atoms with Crippen LogP contribution in [0.5, 0.6) is 0 Å². The molecule has 1 unspecified atom stereocenters. The molecule has 1 fully saturated rings. The van der Waals surface area contributed by atoms with E-state index in [-0.39, 0.29) is 24.4 Å². The molecule has 19 heavy (non-hydrogen) atoms. The lowest BCUT2D eigenvalue weighted by atomic mass is 10.0. The molecule has 1 N–H and O–H groups in total. The third kappa shape index (κ3) is 2.95. The summed E-state index contributed by atoms with van der Waals surface area (Å²) >= 11 is 0. The number of nitrogens with zero attached hydrogens (tertiary/aromatic N) is 1. The number of benzene rings is 1. The smallest absolute Gasteiger partial charge is 0.243 e. The van der Waals surface area contributed by atoms with Crippen LogP contribution in [-0.2, 0) is 16.0 Å². The van der Waals surface area contributed by atoms with Crippen LogP contribution in [0.1, 0.15) is 24.5 Å². The quantitative estimate of drug-likeness (QED) is 0.886. The van der Waals surface area contributed by atoms with E-state index in [9.17, 15) is 9.59 Å². The maximum absolute atomic E-state index is 11.9. The number of rotatable bonds is 4. The van der Waals surface area contributed by atoms with Crippen LogP contribution in [0.3, 0.4) is 0 Å². The SMILES string of the molecule is CCC1C(=O)NCC(=O)N1CCc1ccccc1C. The Hall–Kier alpha value is -1.84. The standard InChI is InChI=1S/C15H20N2O2/c1-3-13-15(19)16-10-14(18)17(13)9-8-12-7-5-4-6-11(12)2/h4-7,13H,3,8-10H2,1-2H3,(H,16,19). The molecule has 4 nitrogen and oxygen atoms in total. The van der Waals surface area contributed by atoms with Crippen LogP contribution in [0.15, 0.2) is 24.3 Å². The Kier molecular flexibility index (Phi) is 4.20. The third-order valence-electron chi connectivity index (χ3n) is 3.68. The molecule has 0 bridgehead atoms. The van der Waals surface area contributed by atoms with Crippen LogP contribution in [0.4, 0.5) is 0 Å². The van der Waals surface area contributed by atoms with Gasteiger partial charge in [-0.1, -0.05) is 31.2 Å². The Morgan fingerprint density at radius 1 is 1.32 bits per heavy atom. The van der Waals surface area contributed by atoms with Crippen LogP contribution in [-0.4, -0.2) is 35.8 Å². The number of aryl methyl sites for hydroxylation is 1. The van der Waals surface area contributed by atoms with Crippen molar-refractivity contribution in [1.82, 2.24) is 10.2 Å². The van der Waals surface area contributed by atoms with Crippen LogP contribution in [0, 0.1) is 6.92 Å². The molecule has 102 valence electrons. The second kappa shape index (κ2) is 5.87. The number of amides is 2. The van der Waals surface area contributed by atoms with Gasteiger partial charge in [0.05, 0.1) is 6.54 Å². The molecule has 4 heteroatoms. The van der Waals surface area contributed by atoms with Crippen LogP contribution in [0.25, 0.3) is 0 Å². The average molecular weight is 260 g/mol. The molecule has 1 aliphatic rings. The molecule has 1 aromatic carbocycles. The van der Waals surface area contributed by atoms with E-state index in [4.69, 9.17) is 0 Å². The maximum Gasteiger partial charge on any atom is 0.243 e. The molecule has 0 aliphatic carbocycles. The first-order valence-corrected chi connectivity index (χ1v) is 6.75. The fourth-order valence-electron chi connectivity index (χ4n) is 2.52. The molecular formula is C15H20N2O2. The van der Waals surface area contributed by atoms with E-state index in [0.29, 0.717) is 13.0 Å². The summed E-state index contributed by atoms with van der Waals surface area (Å²) in [6.07, 6.45) is 1.45. The van der Waals surface area contributed by atoms with E-state index in [0.717, 1.165) is 6.42 Å². The highest BCUT2D eigenvalue weighted by molar-refractivity contribution is 5.94. The Bertz CT molecular complexity index is 485. The van der Waals surface area contributed by atoms with Gasteiger partial charge in [-0.2, -0.15) is 0 Å². The zero-order valence-electron chi connectivity index (χ0n) is 11.5. The average Bonchev–Trinajstić information content (AvgIpc) is 2.41. The number of carbonyl (C=O) groups excluding carboxylic acids is 2. The molecule has 0 radical (unpaired) electrons. The molecule has 1 aliphatic heterocycles. The fraction of sp³-hybridized carbons (Fsp3) is 0.467. The van der Waals surface area contributed by atoms with Gasteiger partial charge in [0.25, 0.3) is 0 Å². The van der Waals surface area contributed by atoms with Crippen molar-refractivity contribution in [2.75, 3.05) is 13.1 Å². The number of nitrogens with one attached hydrogen (secondary N) is 1. The van der Waals surface area contributed by atoms with Crippen LogP contribution < -0.4 is 5.32 Å². The first kappa shape index (κ1) is 13.6. The van der Waals surface area contributed by atoms with Gasteiger partial charge in [-0.05, 0) is 30.9 Å². The van der Waals surface area contributed by atoms with Gasteiger partial charge >= 0.3 is 0 Å². The molecule has 1 heterocycles. The molecule has 1 atom stereocenters. The Morgan fingerprint density at radius 3 is 2.74 bits per heavy atom. The van der Waals surface area contributed by atoms with Gasteiger partial charge < -0.3 is 10.2 Å². The highest BCUT2D eigenvalue weighted by Gasteiger charge is 2.32. The fourth-order valence-corrected chi connectivity index (χ4v) is 2.52. The van der Waals surface area contributed by atoms with E-state index in [1.807, 2.05) is 19.1 Å². The minimum Gasteiger partial charge on any atom is -0.345 e. The Labute approximate surface area is 113 Å². The van der Waals surface area contributed by atoms with Crippen molar-refractivity contribution < 1.29 is 9.59 Å². The molecule has 0 aromatic heterocycles. The van der Waals surface area contributed by atoms with Crippen molar-refractivity contribution in [1.29, 1.82) is 0 Å². The second-order valence-electron chi connectivity index (χ2n) is 4.91. The van der Waals surface area contributed by atoms with Gasteiger partial charge in [-0.15, -0.1) is 0 Å². The van der Waals surface area contributed by atoms with Crippen LogP contribution in [0.2, 0.25) is 0 Å². The maximum atomic E-state index is 11.9. The van der Waals surface area contributed by atoms with Crippen LogP contribution >= 0.6 is 0 Å². The minimum atomic E-state index is -0.315. The highest BCUT2D eigenvalue weighted by Crippen LogP contribution is 2.13. The summed E-state index contributed by atoms with van der Waals surface area (Å²) < 4.78 is 0. The van der Waals surface area contributed by atoms with Gasteiger partial charge in [-0.3, -0.25) is 9.59 Å². The van der Waals surface area contributed by atoms with E-state index in [1.165, 1.54) is 11.1 Å². The first-order valence-electron chi connectivity index (χ1n) is 6.75. The molecular weight excluding hydrogens is 240 g/mol. The third-order valence-corrected chi connectivity index (χ3v) is 3.68. The lowest BCUT2D eigenvalue weighted by molar-refractivity contribution is -0.145. The molecule has 1 aromatic rings.